The standard InChI is InChI=1S/C4H8N2O/c1-4(5)2-6-3-7/h3,5H,2H2,1H3,(H,6,7). The van der Waals surface area contributed by atoms with Gasteiger partial charge in [0.2, 0.25) is 6.41 Å². The zero-order valence-corrected chi connectivity index (χ0v) is 4.19. The van der Waals surface area contributed by atoms with Crippen molar-refractivity contribution in [3.8, 4) is 0 Å². The molecule has 0 aliphatic heterocycles. The summed E-state index contributed by atoms with van der Waals surface area (Å²) in [5, 5.41) is 9.12. The molecule has 0 rings (SSSR count). The van der Waals surface area contributed by atoms with Gasteiger partial charge in [0.05, 0.1) is 6.54 Å². The highest BCUT2D eigenvalue weighted by Crippen LogP contribution is 1.59. The largest absolute Gasteiger partial charge is 0.353 e. The lowest BCUT2D eigenvalue weighted by atomic mass is 10.4. The van der Waals surface area contributed by atoms with Crippen molar-refractivity contribution in [1.29, 1.82) is 5.41 Å². The molecule has 0 atom stereocenters. The predicted octanol–water partition coefficient (Wildman–Crippen LogP) is -0.228. The van der Waals surface area contributed by atoms with Crippen LogP contribution in [0.5, 0.6) is 0 Å². The van der Waals surface area contributed by atoms with Gasteiger partial charge in [-0.1, -0.05) is 0 Å². The highest BCUT2D eigenvalue weighted by Gasteiger charge is 1.79. The van der Waals surface area contributed by atoms with Gasteiger partial charge in [-0.3, -0.25) is 4.79 Å². The van der Waals surface area contributed by atoms with Crippen LogP contribution in [0.25, 0.3) is 0 Å². The second-order valence-corrected chi connectivity index (χ2v) is 1.28. The second-order valence-electron chi connectivity index (χ2n) is 1.28. The second kappa shape index (κ2) is 3.33. The maximum atomic E-state index is 9.50. The van der Waals surface area contributed by atoms with E-state index < -0.39 is 0 Å². The topological polar surface area (TPSA) is 53.0 Å². The number of hydrogen-bond acceptors (Lipinski definition) is 2. The van der Waals surface area contributed by atoms with Crippen molar-refractivity contribution in [2.75, 3.05) is 6.54 Å². The number of carbonyl (C=O) groups is 1. The third kappa shape index (κ3) is 5.14. The maximum Gasteiger partial charge on any atom is 0.207 e. The molecule has 0 aromatic carbocycles. The molecule has 0 radical (unpaired) electrons. The summed E-state index contributed by atoms with van der Waals surface area (Å²) < 4.78 is 0. The predicted molar refractivity (Wildman–Crippen MR) is 27.5 cm³/mol. The van der Waals surface area contributed by atoms with Crippen LogP contribution >= 0.6 is 0 Å². The summed E-state index contributed by atoms with van der Waals surface area (Å²) in [7, 11) is 0. The fourth-order valence-corrected chi connectivity index (χ4v) is 0.195. The molecule has 0 saturated heterocycles. The Balaban J connectivity index is 2.97. The summed E-state index contributed by atoms with van der Waals surface area (Å²) in [6, 6.07) is 0. The third-order valence-corrected chi connectivity index (χ3v) is 0.451. The van der Waals surface area contributed by atoms with E-state index in [2.05, 4.69) is 5.32 Å². The monoisotopic (exact) mass is 100 g/mol. The van der Waals surface area contributed by atoms with Crippen LogP contribution in [0.1, 0.15) is 6.92 Å². The summed E-state index contributed by atoms with van der Waals surface area (Å²) in [6.07, 6.45) is 0.581. The summed E-state index contributed by atoms with van der Waals surface area (Å²) in [5.74, 6) is 0. The quantitative estimate of drug-likeness (QED) is 0.373. The molecule has 0 spiro atoms. The van der Waals surface area contributed by atoms with Gasteiger partial charge in [-0.05, 0) is 6.92 Å². The van der Waals surface area contributed by atoms with E-state index in [0.29, 0.717) is 18.7 Å². The van der Waals surface area contributed by atoms with E-state index in [1.54, 1.807) is 6.92 Å². The molecule has 0 fully saturated rings. The fraction of sp³-hybridized carbons (Fsp3) is 0.500. The minimum absolute atomic E-state index is 0.365. The van der Waals surface area contributed by atoms with Gasteiger partial charge in [0.25, 0.3) is 0 Å². The van der Waals surface area contributed by atoms with Gasteiger partial charge >= 0.3 is 0 Å². The molecule has 0 aromatic rings. The van der Waals surface area contributed by atoms with Crippen molar-refractivity contribution >= 4 is 12.1 Å². The number of rotatable bonds is 3. The van der Waals surface area contributed by atoms with Gasteiger partial charge in [0.15, 0.2) is 0 Å². The maximum absolute atomic E-state index is 9.50. The highest BCUT2D eigenvalue weighted by atomic mass is 16.1. The molecule has 0 heterocycles. The van der Waals surface area contributed by atoms with Crippen molar-refractivity contribution in [2.24, 2.45) is 0 Å². The number of amides is 1. The molecule has 3 nitrogen and oxygen atoms in total. The summed E-state index contributed by atoms with van der Waals surface area (Å²) >= 11 is 0. The van der Waals surface area contributed by atoms with E-state index in [-0.39, 0.29) is 0 Å². The molecule has 0 aliphatic carbocycles. The Bertz CT molecular complexity index is 79.8. The van der Waals surface area contributed by atoms with Crippen LogP contribution in [0.2, 0.25) is 0 Å². The lowest BCUT2D eigenvalue weighted by Crippen LogP contribution is -2.17. The average molecular weight is 100 g/mol. The van der Waals surface area contributed by atoms with Crippen LogP contribution in [0.15, 0.2) is 0 Å². The van der Waals surface area contributed by atoms with E-state index in [9.17, 15) is 4.79 Å². The van der Waals surface area contributed by atoms with E-state index in [1.807, 2.05) is 0 Å². The van der Waals surface area contributed by atoms with Gasteiger partial charge in [0.1, 0.15) is 0 Å². The number of hydrogen-bond donors (Lipinski definition) is 2. The first-order valence-electron chi connectivity index (χ1n) is 1.98. The molecular formula is C4H8N2O. The molecule has 1 amide bonds. The molecule has 0 unspecified atom stereocenters. The molecule has 0 saturated carbocycles. The summed E-state index contributed by atoms with van der Waals surface area (Å²) in [6.45, 7) is 2.00. The van der Waals surface area contributed by atoms with Gasteiger partial charge < -0.3 is 10.7 Å². The zero-order chi connectivity index (χ0) is 5.70. The van der Waals surface area contributed by atoms with Gasteiger partial charge in [-0.25, -0.2) is 0 Å². The molecule has 7 heavy (non-hydrogen) atoms. The first kappa shape index (κ1) is 6.14. The van der Waals surface area contributed by atoms with Gasteiger partial charge in [0, 0.05) is 5.71 Å². The Kier molecular flexibility index (Phi) is 2.92. The van der Waals surface area contributed by atoms with Crippen LogP contribution in [0, 0.1) is 5.41 Å². The Morgan fingerprint density at radius 2 is 2.57 bits per heavy atom. The summed E-state index contributed by atoms with van der Waals surface area (Å²) in [5.41, 5.74) is 0.465. The third-order valence-electron chi connectivity index (χ3n) is 0.451. The Labute approximate surface area is 42.2 Å². The lowest BCUT2D eigenvalue weighted by Gasteiger charge is -1.89. The number of nitrogens with one attached hydrogen (secondary N) is 2. The lowest BCUT2D eigenvalue weighted by molar-refractivity contribution is -0.109. The van der Waals surface area contributed by atoms with Gasteiger partial charge in [-0.15, -0.1) is 0 Å². The summed E-state index contributed by atoms with van der Waals surface area (Å²) in [4.78, 5) is 9.50. The molecule has 3 heteroatoms. The molecule has 40 valence electrons. The van der Waals surface area contributed by atoms with Crippen molar-refractivity contribution in [3.05, 3.63) is 0 Å². The van der Waals surface area contributed by atoms with Crippen LogP contribution in [-0.2, 0) is 4.79 Å². The van der Waals surface area contributed by atoms with Crippen LogP contribution < -0.4 is 5.32 Å². The Morgan fingerprint density at radius 3 is 2.71 bits per heavy atom. The van der Waals surface area contributed by atoms with E-state index in [0.717, 1.165) is 0 Å². The molecule has 2 N–H and O–H groups in total. The minimum Gasteiger partial charge on any atom is -0.353 e. The highest BCUT2D eigenvalue weighted by molar-refractivity contribution is 5.82. The van der Waals surface area contributed by atoms with E-state index in [1.165, 1.54) is 0 Å². The first-order valence-corrected chi connectivity index (χ1v) is 1.98. The molecule has 0 aromatic heterocycles. The van der Waals surface area contributed by atoms with Crippen molar-refractivity contribution in [3.63, 3.8) is 0 Å². The fourth-order valence-electron chi connectivity index (χ4n) is 0.195. The minimum atomic E-state index is 0.365. The van der Waals surface area contributed by atoms with E-state index in [4.69, 9.17) is 5.41 Å². The molecule has 0 aliphatic rings. The van der Waals surface area contributed by atoms with Crippen LogP contribution in [0.3, 0.4) is 0 Å². The average Bonchev–Trinajstić information content (AvgIpc) is 1.61. The molecule has 0 bridgehead atoms. The number of carbonyl (C=O) groups excluding carboxylic acids is 1. The van der Waals surface area contributed by atoms with Crippen LogP contribution in [0.4, 0.5) is 0 Å². The Morgan fingerprint density at radius 1 is 2.00 bits per heavy atom. The van der Waals surface area contributed by atoms with Gasteiger partial charge in [-0.2, -0.15) is 0 Å². The van der Waals surface area contributed by atoms with E-state index >= 15 is 0 Å². The first-order chi connectivity index (χ1) is 3.27. The Hall–Kier alpha value is -0.860. The van der Waals surface area contributed by atoms with Crippen molar-refractivity contribution in [2.45, 2.75) is 6.92 Å². The smallest absolute Gasteiger partial charge is 0.207 e. The molecular weight excluding hydrogens is 92.1 g/mol. The normalized spacial score (nSPS) is 7.57. The zero-order valence-electron chi connectivity index (χ0n) is 4.19. The van der Waals surface area contributed by atoms with Crippen molar-refractivity contribution < 1.29 is 4.79 Å². The SMILES string of the molecule is CC(=N)CNC=O. The van der Waals surface area contributed by atoms with Crippen LogP contribution in [-0.4, -0.2) is 18.7 Å². The van der Waals surface area contributed by atoms with Crippen molar-refractivity contribution in [1.82, 2.24) is 5.32 Å².